The van der Waals surface area contributed by atoms with Gasteiger partial charge in [0.15, 0.2) is 0 Å². The van der Waals surface area contributed by atoms with Crippen LogP contribution in [-0.4, -0.2) is 62.0 Å². The first-order chi connectivity index (χ1) is 11.1. The number of hydrogen-bond donors (Lipinski definition) is 2. The van der Waals surface area contributed by atoms with Crippen LogP contribution in [0, 0.1) is 5.82 Å². The predicted molar refractivity (Wildman–Crippen MR) is 84.6 cm³/mol. The molecule has 2 aliphatic rings. The van der Waals surface area contributed by atoms with Crippen LogP contribution in [0.3, 0.4) is 0 Å². The largest absolute Gasteiger partial charge is 0.368 e. The predicted octanol–water partition coefficient (Wildman–Crippen LogP) is -0.0476. The van der Waals surface area contributed by atoms with Crippen molar-refractivity contribution in [3.63, 3.8) is 0 Å². The summed E-state index contributed by atoms with van der Waals surface area (Å²) in [5, 5.41) is 5.84. The van der Waals surface area contributed by atoms with E-state index >= 15 is 0 Å². The lowest BCUT2D eigenvalue weighted by Crippen LogP contribution is -2.56. The number of benzene rings is 1. The molecular weight excluding hydrogens is 299 g/mol. The van der Waals surface area contributed by atoms with Gasteiger partial charge in [0.25, 0.3) is 0 Å². The summed E-state index contributed by atoms with van der Waals surface area (Å²) in [6, 6.07) is 5.97. The van der Waals surface area contributed by atoms with Crippen molar-refractivity contribution in [3.8, 4) is 0 Å². The SMILES string of the molecule is O=C1NCCNC1CC(=O)N1CCN(c2ccc(F)cc2)CC1. The molecule has 1 aromatic rings. The topological polar surface area (TPSA) is 64.7 Å². The Morgan fingerprint density at radius 1 is 1.13 bits per heavy atom. The third-order valence-corrected chi connectivity index (χ3v) is 4.33. The first-order valence-corrected chi connectivity index (χ1v) is 7.93. The zero-order valence-electron chi connectivity index (χ0n) is 12.9. The normalized spacial score (nSPS) is 22.0. The molecule has 1 atom stereocenters. The van der Waals surface area contributed by atoms with Crippen LogP contribution in [0.25, 0.3) is 0 Å². The van der Waals surface area contributed by atoms with Gasteiger partial charge in [-0.05, 0) is 24.3 Å². The molecule has 1 aromatic carbocycles. The van der Waals surface area contributed by atoms with Gasteiger partial charge in [-0.3, -0.25) is 9.59 Å². The molecule has 2 aliphatic heterocycles. The first-order valence-electron chi connectivity index (χ1n) is 7.93. The number of rotatable bonds is 3. The Hall–Kier alpha value is -2.15. The van der Waals surface area contributed by atoms with E-state index in [4.69, 9.17) is 0 Å². The lowest BCUT2D eigenvalue weighted by molar-refractivity contribution is -0.135. The Kier molecular flexibility index (Phi) is 4.76. The second kappa shape index (κ2) is 6.95. The molecule has 1 unspecified atom stereocenters. The van der Waals surface area contributed by atoms with Crippen molar-refractivity contribution in [2.24, 2.45) is 0 Å². The van der Waals surface area contributed by atoms with Crippen LogP contribution in [0.5, 0.6) is 0 Å². The monoisotopic (exact) mass is 320 g/mol. The molecule has 0 aliphatic carbocycles. The van der Waals surface area contributed by atoms with Crippen LogP contribution in [0.4, 0.5) is 10.1 Å². The van der Waals surface area contributed by atoms with Crippen LogP contribution < -0.4 is 15.5 Å². The molecule has 124 valence electrons. The zero-order valence-corrected chi connectivity index (χ0v) is 12.9. The van der Waals surface area contributed by atoms with Crippen molar-refractivity contribution >= 4 is 17.5 Å². The summed E-state index contributed by atoms with van der Waals surface area (Å²) in [7, 11) is 0. The molecule has 0 bridgehead atoms. The highest BCUT2D eigenvalue weighted by atomic mass is 19.1. The highest BCUT2D eigenvalue weighted by molar-refractivity contribution is 5.88. The number of piperazine rings is 2. The fourth-order valence-corrected chi connectivity index (χ4v) is 2.98. The summed E-state index contributed by atoms with van der Waals surface area (Å²) in [5.41, 5.74) is 0.965. The Labute approximate surface area is 134 Å². The second-order valence-corrected chi connectivity index (χ2v) is 5.85. The van der Waals surface area contributed by atoms with Crippen molar-refractivity contribution in [2.75, 3.05) is 44.2 Å². The van der Waals surface area contributed by atoms with E-state index in [2.05, 4.69) is 15.5 Å². The van der Waals surface area contributed by atoms with Gasteiger partial charge in [0, 0.05) is 45.0 Å². The minimum absolute atomic E-state index is 0.00157. The summed E-state index contributed by atoms with van der Waals surface area (Å²) < 4.78 is 13.0. The molecule has 7 heteroatoms. The average molecular weight is 320 g/mol. The maximum absolute atomic E-state index is 13.0. The van der Waals surface area contributed by atoms with Crippen LogP contribution >= 0.6 is 0 Å². The smallest absolute Gasteiger partial charge is 0.237 e. The van der Waals surface area contributed by atoms with Crippen molar-refractivity contribution in [2.45, 2.75) is 12.5 Å². The summed E-state index contributed by atoms with van der Waals surface area (Å²) >= 11 is 0. The molecule has 2 fully saturated rings. The van der Waals surface area contributed by atoms with E-state index in [1.807, 2.05) is 0 Å². The molecule has 2 amide bonds. The highest BCUT2D eigenvalue weighted by Crippen LogP contribution is 2.17. The van der Waals surface area contributed by atoms with Crippen molar-refractivity contribution < 1.29 is 14.0 Å². The summed E-state index contributed by atoms with van der Waals surface area (Å²) in [4.78, 5) is 28.0. The molecule has 0 saturated carbocycles. The van der Waals surface area contributed by atoms with E-state index < -0.39 is 6.04 Å². The molecule has 2 N–H and O–H groups in total. The molecule has 2 heterocycles. The van der Waals surface area contributed by atoms with Gasteiger partial charge < -0.3 is 20.4 Å². The Morgan fingerprint density at radius 3 is 2.48 bits per heavy atom. The molecule has 0 aromatic heterocycles. The molecular formula is C16H21FN4O2. The summed E-state index contributed by atoms with van der Waals surface area (Å²) in [6.45, 7) is 3.96. The van der Waals surface area contributed by atoms with Gasteiger partial charge >= 0.3 is 0 Å². The number of nitrogens with zero attached hydrogens (tertiary/aromatic N) is 2. The Balaban J connectivity index is 1.51. The lowest BCUT2D eigenvalue weighted by atomic mass is 10.1. The molecule has 6 nitrogen and oxygen atoms in total. The number of halogens is 1. The maximum atomic E-state index is 13.0. The second-order valence-electron chi connectivity index (χ2n) is 5.85. The number of carbonyl (C=O) groups is 2. The maximum Gasteiger partial charge on any atom is 0.237 e. The van der Waals surface area contributed by atoms with E-state index in [-0.39, 0.29) is 24.1 Å². The van der Waals surface area contributed by atoms with Crippen molar-refractivity contribution in [1.82, 2.24) is 15.5 Å². The van der Waals surface area contributed by atoms with E-state index in [1.54, 1.807) is 17.0 Å². The van der Waals surface area contributed by atoms with Crippen LogP contribution in [-0.2, 0) is 9.59 Å². The molecule has 2 saturated heterocycles. The van der Waals surface area contributed by atoms with Gasteiger partial charge in [-0.25, -0.2) is 4.39 Å². The third-order valence-electron chi connectivity index (χ3n) is 4.33. The van der Waals surface area contributed by atoms with Gasteiger partial charge in [0.1, 0.15) is 5.82 Å². The number of hydrogen-bond acceptors (Lipinski definition) is 4. The first kappa shape index (κ1) is 15.7. The third kappa shape index (κ3) is 3.79. The van der Waals surface area contributed by atoms with Crippen LogP contribution in [0.2, 0.25) is 0 Å². The fraction of sp³-hybridized carbons (Fsp3) is 0.500. The van der Waals surface area contributed by atoms with Crippen LogP contribution in [0.1, 0.15) is 6.42 Å². The standard InChI is InChI=1S/C16H21FN4O2/c17-12-1-3-13(4-2-12)20-7-9-21(10-8-20)15(22)11-14-16(23)19-6-5-18-14/h1-4,14,18H,5-11H2,(H,19,23). The molecule has 0 radical (unpaired) electrons. The number of anilines is 1. The van der Waals surface area contributed by atoms with E-state index in [1.165, 1.54) is 12.1 Å². The minimum Gasteiger partial charge on any atom is -0.368 e. The van der Waals surface area contributed by atoms with Gasteiger partial charge in [0.2, 0.25) is 11.8 Å². The van der Waals surface area contributed by atoms with Gasteiger partial charge in [-0.1, -0.05) is 0 Å². The van der Waals surface area contributed by atoms with Crippen molar-refractivity contribution in [3.05, 3.63) is 30.1 Å². The lowest BCUT2D eigenvalue weighted by Gasteiger charge is -2.37. The number of amides is 2. The van der Waals surface area contributed by atoms with Gasteiger partial charge in [0.05, 0.1) is 12.5 Å². The van der Waals surface area contributed by atoms with Gasteiger partial charge in [-0.15, -0.1) is 0 Å². The fourth-order valence-electron chi connectivity index (χ4n) is 2.98. The summed E-state index contributed by atoms with van der Waals surface area (Å²) in [5.74, 6) is -0.353. The average Bonchev–Trinajstić information content (AvgIpc) is 2.58. The Morgan fingerprint density at radius 2 is 1.83 bits per heavy atom. The zero-order chi connectivity index (χ0) is 16.2. The van der Waals surface area contributed by atoms with Crippen molar-refractivity contribution in [1.29, 1.82) is 0 Å². The quantitative estimate of drug-likeness (QED) is 0.820. The molecule has 0 spiro atoms. The molecule has 23 heavy (non-hydrogen) atoms. The van der Waals surface area contributed by atoms with E-state index in [0.29, 0.717) is 39.3 Å². The minimum atomic E-state index is -0.425. The Bertz CT molecular complexity index is 570. The van der Waals surface area contributed by atoms with E-state index in [9.17, 15) is 14.0 Å². The number of carbonyl (C=O) groups excluding carboxylic acids is 2. The summed E-state index contributed by atoms with van der Waals surface area (Å²) in [6.07, 6.45) is 0.197. The highest BCUT2D eigenvalue weighted by Gasteiger charge is 2.28. The van der Waals surface area contributed by atoms with Crippen LogP contribution in [0.15, 0.2) is 24.3 Å². The van der Waals surface area contributed by atoms with E-state index in [0.717, 1.165) is 5.69 Å². The van der Waals surface area contributed by atoms with Gasteiger partial charge in [-0.2, -0.15) is 0 Å². The number of nitrogens with one attached hydrogen (secondary N) is 2. The molecule has 3 rings (SSSR count).